The fraction of sp³-hybridized carbons (Fsp3) is 1.00. The molecule has 0 spiro atoms. The molecule has 0 saturated carbocycles. The molecule has 0 aromatic carbocycles. The molecule has 0 amide bonds. The van der Waals surface area contributed by atoms with E-state index in [0.717, 1.165) is 0 Å². The van der Waals surface area contributed by atoms with Crippen LogP contribution in [0.15, 0.2) is 0 Å². The van der Waals surface area contributed by atoms with E-state index in [4.69, 9.17) is 0 Å². The van der Waals surface area contributed by atoms with E-state index < -0.39 is 23.9 Å². The Balaban J connectivity index is 2.22. The first-order chi connectivity index (χ1) is 8.02. The number of nitrogens with zero attached hydrogens (tertiary/aromatic N) is 1. The van der Waals surface area contributed by atoms with Crippen LogP contribution >= 0.6 is 0 Å². The van der Waals surface area contributed by atoms with Gasteiger partial charge in [-0.05, 0) is 19.3 Å². The molecule has 6 nitrogen and oxygen atoms in total. The van der Waals surface area contributed by atoms with Crippen LogP contribution in [0.2, 0.25) is 0 Å². The highest BCUT2D eigenvalue weighted by molar-refractivity contribution is 5.04. The first-order valence-electron chi connectivity index (χ1n) is 6.05. The third kappa shape index (κ3) is 2.21. The number of hydrogen-bond donors (Lipinski definition) is 5. The molecular weight excluding hydrogens is 226 g/mol. The summed E-state index contributed by atoms with van der Waals surface area (Å²) in [5.41, 5.74) is -0.885. The van der Waals surface area contributed by atoms with Crippen molar-refractivity contribution in [3.8, 4) is 0 Å². The third-order valence-corrected chi connectivity index (χ3v) is 4.14. The second-order valence-corrected chi connectivity index (χ2v) is 5.31. The van der Waals surface area contributed by atoms with Gasteiger partial charge in [0.25, 0.3) is 0 Å². The van der Waals surface area contributed by atoms with E-state index in [1.54, 1.807) is 0 Å². The molecular formula is C11H21NO5. The van der Waals surface area contributed by atoms with Gasteiger partial charge in [0, 0.05) is 12.6 Å². The number of piperidine rings is 2. The van der Waals surface area contributed by atoms with Gasteiger partial charge in [0.1, 0.15) is 0 Å². The average Bonchev–Trinajstić information content (AvgIpc) is 2.30. The maximum Gasteiger partial charge on any atom is 0.0926 e. The zero-order valence-corrected chi connectivity index (χ0v) is 9.74. The van der Waals surface area contributed by atoms with Gasteiger partial charge < -0.3 is 25.5 Å². The molecule has 0 bridgehead atoms. The molecule has 17 heavy (non-hydrogen) atoms. The summed E-state index contributed by atoms with van der Waals surface area (Å²) < 4.78 is 0. The van der Waals surface area contributed by atoms with Crippen molar-refractivity contribution in [2.24, 2.45) is 0 Å². The first-order valence-corrected chi connectivity index (χ1v) is 6.05. The number of fused-ring (bicyclic) bond motifs is 1. The Morgan fingerprint density at radius 2 is 1.65 bits per heavy atom. The summed E-state index contributed by atoms with van der Waals surface area (Å²) >= 11 is 0. The highest BCUT2D eigenvalue weighted by Crippen LogP contribution is 2.37. The predicted molar refractivity (Wildman–Crippen MR) is 59.3 cm³/mol. The highest BCUT2D eigenvalue weighted by atomic mass is 16.3. The molecule has 6 heteroatoms. The lowest BCUT2D eigenvalue weighted by molar-refractivity contribution is -0.160. The molecule has 4 atom stereocenters. The third-order valence-electron chi connectivity index (χ3n) is 4.14. The van der Waals surface area contributed by atoms with Crippen molar-refractivity contribution in [3.63, 3.8) is 0 Å². The van der Waals surface area contributed by atoms with E-state index in [0.29, 0.717) is 19.3 Å². The van der Waals surface area contributed by atoms with E-state index >= 15 is 0 Å². The van der Waals surface area contributed by atoms with Crippen LogP contribution in [-0.4, -0.2) is 80.1 Å². The maximum atomic E-state index is 9.81. The van der Waals surface area contributed by atoms with Crippen molar-refractivity contribution in [2.75, 3.05) is 19.8 Å². The van der Waals surface area contributed by atoms with E-state index in [9.17, 15) is 25.5 Å². The van der Waals surface area contributed by atoms with Gasteiger partial charge in [0.2, 0.25) is 0 Å². The van der Waals surface area contributed by atoms with Crippen molar-refractivity contribution in [2.45, 2.75) is 49.2 Å². The molecule has 100 valence electrons. The van der Waals surface area contributed by atoms with Gasteiger partial charge in [0.05, 0.1) is 37.1 Å². The highest BCUT2D eigenvalue weighted by Gasteiger charge is 2.49. The summed E-state index contributed by atoms with van der Waals surface area (Å²) in [6.07, 6.45) is -1.08. The van der Waals surface area contributed by atoms with Crippen LogP contribution in [0, 0.1) is 0 Å². The molecule has 2 heterocycles. The molecule has 0 aromatic rings. The standard InChI is InChI=1S/C11H21NO5/c13-5-11(6-14)3-8(15)1-7-2-9(16)10(17)4-12(7)11/h7-10,13-17H,1-6H2/t7-,8-,9-,10+/m0/s1. The molecule has 0 aromatic heterocycles. The van der Waals surface area contributed by atoms with Crippen LogP contribution in [-0.2, 0) is 0 Å². The number of rotatable bonds is 2. The lowest BCUT2D eigenvalue weighted by atomic mass is 9.78. The Hall–Kier alpha value is -0.240. The van der Waals surface area contributed by atoms with E-state index in [1.807, 2.05) is 4.90 Å². The molecule has 2 aliphatic rings. The minimum Gasteiger partial charge on any atom is -0.394 e. The van der Waals surface area contributed by atoms with Gasteiger partial charge in [-0.25, -0.2) is 0 Å². The quantitative estimate of drug-likeness (QED) is 0.375. The topological polar surface area (TPSA) is 104 Å². The number of hydrogen-bond acceptors (Lipinski definition) is 6. The van der Waals surface area contributed by atoms with Crippen LogP contribution in [0.4, 0.5) is 0 Å². The van der Waals surface area contributed by atoms with Crippen LogP contribution in [0.3, 0.4) is 0 Å². The zero-order valence-electron chi connectivity index (χ0n) is 9.74. The molecule has 2 rings (SSSR count). The minimum absolute atomic E-state index is 0.101. The normalized spacial score (nSPS) is 42.2. The second kappa shape index (κ2) is 4.79. The van der Waals surface area contributed by atoms with Gasteiger partial charge in [0.15, 0.2) is 0 Å². The molecule has 0 aliphatic carbocycles. The Labute approximate surface area is 100 Å². The van der Waals surface area contributed by atoms with Crippen LogP contribution < -0.4 is 0 Å². The molecule has 2 saturated heterocycles. The molecule has 2 fully saturated rings. The Morgan fingerprint density at radius 3 is 2.24 bits per heavy atom. The Kier molecular flexibility index (Phi) is 3.72. The fourth-order valence-corrected chi connectivity index (χ4v) is 3.15. The smallest absolute Gasteiger partial charge is 0.0926 e. The van der Waals surface area contributed by atoms with Crippen molar-refractivity contribution in [1.29, 1.82) is 0 Å². The fourth-order valence-electron chi connectivity index (χ4n) is 3.15. The number of β-amino-alcohol motifs (C(OH)–C–C–N with tert-alkyl or cyclic N) is 1. The largest absolute Gasteiger partial charge is 0.394 e. The summed E-state index contributed by atoms with van der Waals surface area (Å²) in [6, 6.07) is -0.101. The lowest BCUT2D eigenvalue weighted by Crippen LogP contribution is -2.68. The Morgan fingerprint density at radius 1 is 1.00 bits per heavy atom. The first kappa shape index (κ1) is 13.2. The summed E-state index contributed by atoms with van der Waals surface area (Å²) in [5, 5.41) is 48.1. The van der Waals surface area contributed by atoms with Crippen molar-refractivity contribution >= 4 is 0 Å². The summed E-state index contributed by atoms with van der Waals surface area (Å²) in [4.78, 5) is 1.84. The van der Waals surface area contributed by atoms with Gasteiger partial charge in [-0.3, -0.25) is 4.90 Å². The molecule has 0 unspecified atom stereocenters. The monoisotopic (exact) mass is 247 g/mol. The van der Waals surface area contributed by atoms with Crippen molar-refractivity contribution in [1.82, 2.24) is 4.90 Å². The second-order valence-electron chi connectivity index (χ2n) is 5.31. The average molecular weight is 247 g/mol. The van der Waals surface area contributed by atoms with Crippen LogP contribution in [0.1, 0.15) is 19.3 Å². The van der Waals surface area contributed by atoms with Crippen molar-refractivity contribution < 1.29 is 25.5 Å². The van der Waals surface area contributed by atoms with Gasteiger partial charge >= 0.3 is 0 Å². The van der Waals surface area contributed by atoms with Crippen LogP contribution in [0.5, 0.6) is 0 Å². The maximum absolute atomic E-state index is 9.81. The van der Waals surface area contributed by atoms with E-state index in [-0.39, 0.29) is 25.8 Å². The SMILES string of the molecule is OCC1(CO)C[C@@H](O)C[C@H]2C[C@H](O)[C@H](O)CN21. The minimum atomic E-state index is -0.885. The van der Waals surface area contributed by atoms with Gasteiger partial charge in [-0.1, -0.05) is 0 Å². The molecule has 5 N–H and O–H groups in total. The molecule has 2 aliphatic heterocycles. The Bertz CT molecular complexity index is 271. The van der Waals surface area contributed by atoms with E-state index in [2.05, 4.69) is 0 Å². The van der Waals surface area contributed by atoms with Gasteiger partial charge in [-0.15, -0.1) is 0 Å². The zero-order chi connectivity index (χ0) is 12.6. The summed E-state index contributed by atoms with van der Waals surface area (Å²) in [7, 11) is 0. The lowest BCUT2D eigenvalue weighted by Gasteiger charge is -2.55. The number of aliphatic hydroxyl groups excluding tert-OH is 5. The molecule has 0 radical (unpaired) electrons. The van der Waals surface area contributed by atoms with Gasteiger partial charge in [-0.2, -0.15) is 0 Å². The summed E-state index contributed by atoms with van der Waals surface area (Å²) in [5.74, 6) is 0. The number of aliphatic hydroxyl groups is 5. The van der Waals surface area contributed by atoms with Crippen molar-refractivity contribution in [3.05, 3.63) is 0 Å². The summed E-state index contributed by atoms with van der Waals surface area (Å²) in [6.45, 7) is -0.306. The van der Waals surface area contributed by atoms with E-state index in [1.165, 1.54) is 0 Å². The predicted octanol–water partition coefficient (Wildman–Crippen LogP) is -2.34. The van der Waals surface area contributed by atoms with Crippen LogP contribution in [0.25, 0.3) is 0 Å².